The van der Waals surface area contributed by atoms with Crippen LogP contribution >= 0.6 is 0 Å². The van der Waals surface area contributed by atoms with Gasteiger partial charge in [0.1, 0.15) is 0 Å². The van der Waals surface area contributed by atoms with Crippen LogP contribution in [0.25, 0.3) is 10.9 Å². The molecule has 2 heterocycles. The van der Waals surface area contributed by atoms with E-state index in [-0.39, 0.29) is 5.97 Å². The van der Waals surface area contributed by atoms with Crippen LogP contribution in [0.15, 0.2) is 48.7 Å². The lowest BCUT2D eigenvalue weighted by molar-refractivity contribution is 0.0601. The first-order valence-corrected chi connectivity index (χ1v) is 10.1. The Morgan fingerprint density at radius 1 is 1.14 bits per heavy atom. The third-order valence-electron chi connectivity index (χ3n) is 4.92. The molecule has 154 valence electrons. The van der Waals surface area contributed by atoms with Gasteiger partial charge in [0.15, 0.2) is 0 Å². The van der Waals surface area contributed by atoms with E-state index in [2.05, 4.69) is 39.5 Å². The molecule has 1 fully saturated rings. The van der Waals surface area contributed by atoms with Crippen molar-refractivity contribution in [2.75, 3.05) is 43.6 Å². The molecule has 0 atom stereocenters. The molecule has 4 rings (SSSR count). The first-order chi connectivity index (χ1) is 14.2. The van der Waals surface area contributed by atoms with Gasteiger partial charge in [-0.2, -0.15) is 0 Å². The van der Waals surface area contributed by atoms with Crippen molar-refractivity contribution < 1.29 is 14.3 Å². The fourth-order valence-electron chi connectivity index (χ4n) is 3.39. The zero-order valence-electron chi connectivity index (χ0n) is 17.3. The second-order valence-corrected chi connectivity index (χ2v) is 6.57. The van der Waals surface area contributed by atoms with Crippen LogP contribution in [-0.4, -0.2) is 44.4 Å². The zero-order valence-corrected chi connectivity index (χ0v) is 17.3. The molecule has 2 N–H and O–H groups in total. The van der Waals surface area contributed by atoms with Gasteiger partial charge in [-0.1, -0.05) is 19.9 Å². The number of H-pyrrole nitrogens is 1. The first-order valence-electron chi connectivity index (χ1n) is 10.1. The quantitative estimate of drug-likeness (QED) is 0.626. The van der Waals surface area contributed by atoms with Crippen LogP contribution in [0.1, 0.15) is 29.8 Å². The normalized spacial score (nSPS) is 13.6. The Kier molecular flexibility index (Phi) is 7.14. The fourth-order valence-corrected chi connectivity index (χ4v) is 3.39. The number of nitrogens with one attached hydrogen (secondary N) is 2. The number of rotatable bonds is 5. The Morgan fingerprint density at radius 3 is 2.55 bits per heavy atom. The minimum absolute atomic E-state index is 0.327. The minimum atomic E-state index is -0.327. The average Bonchev–Trinajstić information content (AvgIpc) is 3.21. The lowest BCUT2D eigenvalue weighted by Crippen LogP contribution is -2.36. The molecule has 0 radical (unpaired) electrons. The minimum Gasteiger partial charge on any atom is -0.465 e. The Hall–Kier alpha value is -2.99. The number of nitrogens with zero attached hydrogens (tertiary/aromatic N) is 1. The van der Waals surface area contributed by atoms with Gasteiger partial charge >= 0.3 is 5.97 Å². The SMILES string of the molecule is CC.COC(=O)c1ccc2c(CNc3ccc(N4CCOCC4)cc3)c[nH]c2c1. The number of carbonyl (C=O) groups excluding carboxylic acids is 1. The summed E-state index contributed by atoms with van der Waals surface area (Å²) in [6.07, 6.45) is 1.97. The summed E-state index contributed by atoms with van der Waals surface area (Å²) in [5.41, 5.74) is 4.93. The molecular formula is C23H29N3O3. The summed E-state index contributed by atoms with van der Waals surface area (Å²) in [6.45, 7) is 8.16. The van der Waals surface area contributed by atoms with Gasteiger partial charge in [-0.25, -0.2) is 4.79 Å². The molecule has 0 bridgehead atoms. The van der Waals surface area contributed by atoms with Crippen LogP contribution in [0.4, 0.5) is 11.4 Å². The Balaban J connectivity index is 0.00000117. The van der Waals surface area contributed by atoms with Crippen molar-refractivity contribution in [3.63, 3.8) is 0 Å². The molecule has 6 heteroatoms. The molecule has 0 aliphatic carbocycles. The van der Waals surface area contributed by atoms with Crippen LogP contribution in [0, 0.1) is 0 Å². The second-order valence-electron chi connectivity index (χ2n) is 6.57. The monoisotopic (exact) mass is 395 g/mol. The standard InChI is InChI=1S/C21H23N3O3.C2H6/c1-26-21(25)15-2-7-19-16(14-23-20(19)12-15)13-22-17-3-5-18(6-4-17)24-8-10-27-11-9-24;1-2/h2-7,12,14,22-23H,8-11,13H2,1H3;1-2H3. The highest BCUT2D eigenvalue weighted by Gasteiger charge is 2.11. The number of hydrogen-bond donors (Lipinski definition) is 2. The van der Waals surface area contributed by atoms with Crippen molar-refractivity contribution in [2.45, 2.75) is 20.4 Å². The summed E-state index contributed by atoms with van der Waals surface area (Å²) in [4.78, 5) is 17.2. The smallest absolute Gasteiger partial charge is 0.337 e. The maximum Gasteiger partial charge on any atom is 0.337 e. The van der Waals surface area contributed by atoms with Crippen LogP contribution < -0.4 is 10.2 Å². The molecule has 3 aromatic rings. The summed E-state index contributed by atoms with van der Waals surface area (Å²) in [7, 11) is 1.39. The highest BCUT2D eigenvalue weighted by molar-refractivity contribution is 5.95. The van der Waals surface area contributed by atoms with E-state index in [1.165, 1.54) is 12.8 Å². The summed E-state index contributed by atoms with van der Waals surface area (Å²) in [6, 6.07) is 14.1. The number of methoxy groups -OCH3 is 1. The second kappa shape index (κ2) is 9.98. The molecule has 0 spiro atoms. The number of hydrogen-bond acceptors (Lipinski definition) is 5. The van der Waals surface area contributed by atoms with E-state index >= 15 is 0 Å². The third kappa shape index (κ3) is 4.90. The average molecular weight is 396 g/mol. The lowest BCUT2D eigenvalue weighted by Gasteiger charge is -2.28. The highest BCUT2D eigenvalue weighted by atomic mass is 16.5. The first kappa shape index (κ1) is 20.7. The van der Waals surface area contributed by atoms with E-state index in [9.17, 15) is 4.79 Å². The molecule has 1 aliphatic rings. The third-order valence-corrected chi connectivity index (χ3v) is 4.92. The summed E-state index contributed by atoms with van der Waals surface area (Å²) < 4.78 is 10.2. The van der Waals surface area contributed by atoms with Crippen molar-refractivity contribution in [1.82, 2.24) is 4.98 Å². The summed E-state index contributed by atoms with van der Waals surface area (Å²) in [5, 5.41) is 4.56. The van der Waals surface area contributed by atoms with Gasteiger partial charge in [0, 0.05) is 48.1 Å². The molecular weight excluding hydrogens is 366 g/mol. The topological polar surface area (TPSA) is 66.6 Å². The number of morpholine rings is 1. The van der Waals surface area contributed by atoms with E-state index < -0.39 is 0 Å². The van der Waals surface area contributed by atoms with Gasteiger partial charge in [-0.05, 0) is 42.0 Å². The molecule has 2 aromatic carbocycles. The maximum absolute atomic E-state index is 11.7. The van der Waals surface area contributed by atoms with E-state index in [1.807, 2.05) is 32.2 Å². The summed E-state index contributed by atoms with van der Waals surface area (Å²) >= 11 is 0. The van der Waals surface area contributed by atoms with Gasteiger partial charge < -0.3 is 24.7 Å². The zero-order chi connectivity index (χ0) is 20.6. The van der Waals surface area contributed by atoms with E-state index in [0.717, 1.165) is 48.5 Å². The predicted molar refractivity (Wildman–Crippen MR) is 118 cm³/mol. The molecule has 0 saturated carbocycles. The van der Waals surface area contributed by atoms with Crippen LogP contribution in [-0.2, 0) is 16.0 Å². The van der Waals surface area contributed by atoms with Crippen molar-refractivity contribution in [2.24, 2.45) is 0 Å². The van der Waals surface area contributed by atoms with Crippen molar-refractivity contribution in [3.8, 4) is 0 Å². The number of anilines is 2. The van der Waals surface area contributed by atoms with Gasteiger partial charge in [-0.3, -0.25) is 0 Å². The Bertz CT molecular complexity index is 928. The molecule has 1 aliphatic heterocycles. The summed E-state index contributed by atoms with van der Waals surface area (Å²) in [5.74, 6) is -0.327. The maximum atomic E-state index is 11.7. The van der Waals surface area contributed by atoms with Gasteiger partial charge in [0.25, 0.3) is 0 Å². The highest BCUT2D eigenvalue weighted by Crippen LogP contribution is 2.23. The molecule has 6 nitrogen and oxygen atoms in total. The van der Waals surface area contributed by atoms with Crippen molar-refractivity contribution in [3.05, 3.63) is 59.8 Å². The van der Waals surface area contributed by atoms with Gasteiger partial charge in [-0.15, -0.1) is 0 Å². The van der Waals surface area contributed by atoms with E-state index in [1.54, 1.807) is 6.07 Å². The molecule has 1 saturated heterocycles. The largest absolute Gasteiger partial charge is 0.465 e. The van der Waals surface area contributed by atoms with Crippen LogP contribution in [0.3, 0.4) is 0 Å². The molecule has 1 aromatic heterocycles. The van der Waals surface area contributed by atoms with Crippen LogP contribution in [0.5, 0.6) is 0 Å². The van der Waals surface area contributed by atoms with E-state index in [0.29, 0.717) is 12.1 Å². The Morgan fingerprint density at radius 2 is 1.86 bits per heavy atom. The number of fused-ring (bicyclic) bond motifs is 1. The van der Waals surface area contributed by atoms with Crippen LogP contribution in [0.2, 0.25) is 0 Å². The molecule has 0 amide bonds. The number of aromatic amines is 1. The number of esters is 1. The van der Waals surface area contributed by atoms with Crippen molar-refractivity contribution >= 4 is 28.2 Å². The predicted octanol–water partition coefficient (Wildman–Crippen LogP) is 4.43. The Labute approximate surface area is 171 Å². The number of ether oxygens (including phenoxy) is 2. The molecule has 29 heavy (non-hydrogen) atoms. The van der Waals surface area contributed by atoms with Gasteiger partial charge in [0.05, 0.1) is 25.9 Å². The number of aromatic nitrogens is 1. The van der Waals surface area contributed by atoms with E-state index in [4.69, 9.17) is 9.47 Å². The number of carbonyl (C=O) groups is 1. The number of benzene rings is 2. The fraction of sp³-hybridized carbons (Fsp3) is 0.348. The van der Waals surface area contributed by atoms with Gasteiger partial charge in [0.2, 0.25) is 0 Å². The lowest BCUT2D eigenvalue weighted by atomic mass is 10.1. The van der Waals surface area contributed by atoms with Crippen molar-refractivity contribution in [1.29, 1.82) is 0 Å². The molecule has 0 unspecified atom stereocenters.